The number of nitrogens with zero attached hydrogens (tertiary/aromatic N) is 1. The molecule has 15 heavy (non-hydrogen) atoms. The largest absolute Gasteiger partial charge is 0.527 e. The monoisotopic (exact) mass is 239 g/mol. The van der Waals surface area contributed by atoms with Crippen molar-refractivity contribution in [2.75, 3.05) is 13.2 Å². The van der Waals surface area contributed by atoms with Gasteiger partial charge in [0.05, 0.1) is 0 Å². The molecule has 0 spiro atoms. The maximum Gasteiger partial charge on any atom is 0.527 e. The fourth-order valence-electron chi connectivity index (χ4n) is 0.263. The fraction of sp³-hybridized carbons (Fsp3) is 0.286. The van der Waals surface area contributed by atoms with Gasteiger partial charge in [-0.05, 0) is 0 Å². The summed E-state index contributed by atoms with van der Waals surface area (Å²) in [6.45, 7) is 6.58. The van der Waals surface area contributed by atoms with Crippen molar-refractivity contribution in [2.24, 2.45) is 0 Å². The van der Waals surface area contributed by atoms with Crippen LogP contribution in [0.1, 0.15) is 0 Å². The van der Waals surface area contributed by atoms with Crippen LogP contribution in [-0.2, 0) is 13.9 Å². The van der Waals surface area contributed by atoms with Gasteiger partial charge < -0.3 is 13.9 Å². The third kappa shape index (κ3) is 18.9. The lowest BCUT2D eigenvalue weighted by Crippen LogP contribution is -2.00. The number of ether oxygens (including phenoxy) is 1. The molecule has 0 radical (unpaired) electrons. The van der Waals surface area contributed by atoms with E-state index in [1.165, 1.54) is 12.2 Å². The van der Waals surface area contributed by atoms with Crippen LogP contribution in [0.3, 0.4) is 0 Å². The summed E-state index contributed by atoms with van der Waals surface area (Å²) >= 11 is 4.58. The molecule has 0 aliphatic rings. The average molecular weight is 240 g/mol. The van der Waals surface area contributed by atoms with Crippen molar-refractivity contribution in [3.8, 4) is 0 Å². The first-order chi connectivity index (χ1) is 7.08. The van der Waals surface area contributed by atoms with Crippen LogP contribution in [0.5, 0.6) is 0 Å². The third-order valence-corrected chi connectivity index (χ3v) is 0.806. The Labute approximate surface area is 91.1 Å². The molecule has 0 N–H and O–H groups in total. The molecule has 0 aromatic carbocycles. The minimum Gasteiger partial charge on any atom is -0.429 e. The first-order valence-corrected chi connectivity index (χ1v) is 3.83. The molecule has 0 aromatic heterocycles. The van der Waals surface area contributed by atoms with Crippen molar-refractivity contribution < 1.29 is 23.7 Å². The normalized spacial score (nSPS) is 7.53. The van der Waals surface area contributed by atoms with E-state index in [9.17, 15) is 14.9 Å². The summed E-state index contributed by atoms with van der Waals surface area (Å²) in [6, 6.07) is 0. The van der Waals surface area contributed by atoms with E-state index in [-0.39, 0.29) is 13.2 Å². The molecule has 0 heterocycles. The number of carbonyl (C=O) groups excluding carboxylic acids is 1. The van der Waals surface area contributed by atoms with E-state index in [1.807, 2.05) is 0 Å². The molecule has 0 aliphatic carbocycles. The molecule has 0 saturated carbocycles. The molecule has 0 amide bonds. The van der Waals surface area contributed by atoms with Crippen LogP contribution in [0, 0.1) is 10.1 Å². The molecule has 0 fully saturated rings. The van der Waals surface area contributed by atoms with Crippen molar-refractivity contribution in [1.29, 1.82) is 0 Å². The molecule has 8 heteroatoms. The van der Waals surface area contributed by atoms with Gasteiger partial charge in [0.25, 0.3) is 5.09 Å². The predicted octanol–water partition coefficient (Wildman–Crippen LogP) is 1.86. The number of carbonyl (C=O) groups is 1. The predicted molar refractivity (Wildman–Crippen MR) is 51.6 cm³/mol. The second kappa shape index (κ2) is 12.2. The third-order valence-electron chi connectivity index (χ3n) is 0.680. The zero-order valence-electron chi connectivity index (χ0n) is 7.76. The van der Waals surface area contributed by atoms with Gasteiger partial charge >= 0.3 is 6.16 Å². The van der Waals surface area contributed by atoms with Gasteiger partial charge in [-0.25, -0.2) is 4.79 Å². The second-order valence-electron chi connectivity index (χ2n) is 1.73. The number of rotatable bonds is 5. The first kappa shape index (κ1) is 15.7. The van der Waals surface area contributed by atoms with Crippen molar-refractivity contribution in [2.45, 2.75) is 0 Å². The molecule has 0 rings (SSSR count). The highest BCUT2D eigenvalue weighted by Crippen LogP contribution is 1.86. The Morgan fingerprint density at radius 3 is 2.20 bits per heavy atom. The van der Waals surface area contributed by atoms with Crippen LogP contribution in [0.25, 0.3) is 0 Å². The van der Waals surface area contributed by atoms with E-state index in [4.69, 9.17) is 0 Å². The highest BCUT2D eigenvalue weighted by atomic mass is 35.5. The number of halogens is 1. The molecule has 0 aliphatic heterocycles. The summed E-state index contributed by atoms with van der Waals surface area (Å²) < 4.78 is 7.84. The van der Waals surface area contributed by atoms with Gasteiger partial charge in [0.2, 0.25) is 0 Å². The summed E-state index contributed by atoms with van der Waals surface area (Å²) in [4.78, 5) is 23.0. The van der Waals surface area contributed by atoms with Gasteiger partial charge in [0.1, 0.15) is 25.1 Å². The Balaban J connectivity index is 0. The van der Waals surface area contributed by atoms with E-state index < -0.39 is 11.2 Å². The average Bonchev–Trinajstić information content (AvgIpc) is 2.23. The minimum atomic E-state index is -0.911. The molecule has 0 unspecified atom stereocenters. The molecule has 0 atom stereocenters. The molecule has 0 aromatic rings. The van der Waals surface area contributed by atoms with Gasteiger partial charge in [0, 0.05) is 0 Å². The van der Waals surface area contributed by atoms with E-state index >= 15 is 0 Å². The van der Waals surface area contributed by atoms with Crippen molar-refractivity contribution in [3.05, 3.63) is 35.4 Å². The Hall–Kier alpha value is -1.76. The first-order valence-electron chi connectivity index (χ1n) is 3.52. The summed E-state index contributed by atoms with van der Waals surface area (Å²) in [5, 5.41) is 8.43. The van der Waals surface area contributed by atoms with Gasteiger partial charge in [-0.15, -0.1) is 16.7 Å². The van der Waals surface area contributed by atoms with Gasteiger partial charge in [0.15, 0.2) is 0 Å². The lowest BCUT2D eigenvalue weighted by molar-refractivity contribution is -0.755. The molecule has 7 nitrogen and oxygen atoms in total. The molecule has 0 saturated heterocycles. The lowest BCUT2D eigenvalue weighted by Gasteiger charge is -1.92. The van der Waals surface area contributed by atoms with Crippen LogP contribution in [0.4, 0.5) is 4.79 Å². The van der Waals surface area contributed by atoms with Crippen LogP contribution in [-0.4, -0.2) is 24.5 Å². The summed E-state index contributed by atoms with van der Waals surface area (Å²) in [5.74, 6) is 0. The van der Waals surface area contributed by atoms with Crippen LogP contribution < -0.4 is 0 Å². The van der Waals surface area contributed by atoms with Crippen LogP contribution >= 0.6 is 11.9 Å². The SMILES string of the molecule is C=CCOC(=O)OCl.C=CCO[N+](=O)[O-]. The van der Waals surface area contributed by atoms with E-state index in [0.29, 0.717) is 0 Å². The standard InChI is InChI=1S/C4H5ClO3.C3H5NO3/c1-2-3-7-4(6)8-5;1-2-3-7-4(5)6/h2H,1,3H2;2H,1,3H2. The molecular weight excluding hydrogens is 230 g/mol. The van der Waals surface area contributed by atoms with Gasteiger partial charge in [-0.2, -0.15) is 0 Å². The fourth-order valence-corrected chi connectivity index (χ4v) is 0.307. The maximum absolute atomic E-state index is 9.95. The van der Waals surface area contributed by atoms with Gasteiger partial charge in [-0.1, -0.05) is 18.7 Å². The Kier molecular flexibility index (Phi) is 12.8. The molecular formula is C7H10ClNO6. The molecule has 86 valence electrons. The molecule has 0 bridgehead atoms. The quantitative estimate of drug-likeness (QED) is 0.315. The zero-order chi connectivity index (χ0) is 12.1. The number of hydrogen-bond donors (Lipinski definition) is 0. The Morgan fingerprint density at radius 2 is 1.93 bits per heavy atom. The zero-order valence-corrected chi connectivity index (χ0v) is 8.51. The highest BCUT2D eigenvalue weighted by Gasteiger charge is 1.96. The summed E-state index contributed by atoms with van der Waals surface area (Å²) in [6.07, 6.45) is 1.81. The highest BCUT2D eigenvalue weighted by molar-refractivity contribution is 6.12. The Bertz CT molecular complexity index is 220. The van der Waals surface area contributed by atoms with E-state index in [0.717, 1.165) is 0 Å². The van der Waals surface area contributed by atoms with Crippen LogP contribution in [0.15, 0.2) is 25.3 Å². The maximum atomic E-state index is 9.95. The Morgan fingerprint density at radius 1 is 1.40 bits per heavy atom. The second-order valence-corrected chi connectivity index (χ2v) is 1.89. The van der Waals surface area contributed by atoms with E-state index in [2.05, 4.69) is 38.9 Å². The van der Waals surface area contributed by atoms with Crippen molar-refractivity contribution >= 4 is 18.0 Å². The topological polar surface area (TPSA) is 87.9 Å². The van der Waals surface area contributed by atoms with Crippen LogP contribution in [0.2, 0.25) is 0 Å². The minimum absolute atomic E-state index is 0.0347. The number of hydrogen-bond acceptors (Lipinski definition) is 6. The summed E-state index contributed by atoms with van der Waals surface area (Å²) in [5.41, 5.74) is 0. The van der Waals surface area contributed by atoms with Crippen molar-refractivity contribution in [1.82, 2.24) is 0 Å². The van der Waals surface area contributed by atoms with Gasteiger partial charge in [-0.3, -0.25) is 0 Å². The lowest BCUT2D eigenvalue weighted by atomic mass is 10.7. The summed E-state index contributed by atoms with van der Waals surface area (Å²) in [7, 11) is 0. The van der Waals surface area contributed by atoms with Crippen molar-refractivity contribution in [3.63, 3.8) is 0 Å². The smallest absolute Gasteiger partial charge is 0.429 e. The van der Waals surface area contributed by atoms with E-state index in [1.54, 1.807) is 0 Å².